The summed E-state index contributed by atoms with van der Waals surface area (Å²) in [6.07, 6.45) is 0. The van der Waals surface area contributed by atoms with Crippen LogP contribution in [0.1, 0.15) is 48.4 Å². The fourth-order valence-electron chi connectivity index (χ4n) is 3.11. The summed E-state index contributed by atoms with van der Waals surface area (Å²) in [5.74, 6) is -0.772. The first-order chi connectivity index (χ1) is 15.5. The Balaban J connectivity index is 2.09. The molecule has 0 heterocycles. The van der Waals surface area contributed by atoms with E-state index >= 15 is 0 Å². The molecule has 0 bridgehead atoms. The summed E-state index contributed by atoms with van der Waals surface area (Å²) >= 11 is 0. The van der Waals surface area contributed by atoms with E-state index in [1.807, 2.05) is 0 Å². The number of rotatable bonds is 10. The summed E-state index contributed by atoms with van der Waals surface area (Å²) in [5, 5.41) is 0. The van der Waals surface area contributed by atoms with Crippen LogP contribution in [0.4, 0.5) is 0 Å². The molecule has 2 aromatic rings. The van der Waals surface area contributed by atoms with Gasteiger partial charge < -0.3 is 26.0 Å². The molecule has 4 amide bonds. The number of nitrogens with two attached hydrogens (primary N) is 2. The number of hydrogen-bond donors (Lipinski definition) is 2. The van der Waals surface area contributed by atoms with Crippen LogP contribution in [0.25, 0.3) is 0 Å². The van der Waals surface area contributed by atoms with Crippen LogP contribution in [0.15, 0.2) is 48.5 Å². The van der Waals surface area contributed by atoms with Crippen LogP contribution < -0.4 is 16.2 Å². The number of carbonyl (C=O) groups excluding carboxylic acids is 4. The maximum Gasteiger partial charge on any atom is 0.254 e. The first-order valence-corrected chi connectivity index (χ1v) is 10.6. The lowest BCUT2D eigenvalue weighted by atomic mass is 10.1. The van der Waals surface area contributed by atoms with E-state index in [4.69, 9.17) is 16.2 Å². The summed E-state index contributed by atoms with van der Waals surface area (Å²) in [5.41, 5.74) is 11.3. The molecule has 2 rings (SSSR count). The molecule has 0 aliphatic carbocycles. The van der Waals surface area contributed by atoms with Gasteiger partial charge in [0, 0.05) is 23.2 Å². The van der Waals surface area contributed by atoms with Crippen LogP contribution in [0, 0.1) is 0 Å². The zero-order valence-corrected chi connectivity index (χ0v) is 19.3. The predicted molar refractivity (Wildman–Crippen MR) is 124 cm³/mol. The Morgan fingerprint density at radius 1 is 0.667 bits per heavy atom. The van der Waals surface area contributed by atoms with Crippen molar-refractivity contribution in [1.29, 1.82) is 0 Å². The average molecular weight is 455 g/mol. The molecular formula is C24H30N4O5. The van der Waals surface area contributed by atoms with E-state index in [1.54, 1.807) is 76.2 Å². The molecule has 9 nitrogen and oxygen atoms in total. The topological polar surface area (TPSA) is 136 Å². The highest BCUT2D eigenvalue weighted by molar-refractivity contribution is 5.97. The van der Waals surface area contributed by atoms with E-state index in [2.05, 4.69) is 0 Å². The highest BCUT2D eigenvalue weighted by atomic mass is 16.5. The van der Waals surface area contributed by atoms with Gasteiger partial charge in [-0.1, -0.05) is 0 Å². The van der Waals surface area contributed by atoms with Crippen LogP contribution in [-0.4, -0.2) is 58.6 Å². The summed E-state index contributed by atoms with van der Waals surface area (Å²) in [4.78, 5) is 50.7. The second-order valence-corrected chi connectivity index (χ2v) is 8.14. The first-order valence-electron chi connectivity index (χ1n) is 10.6. The number of nitrogens with zero attached hydrogens (tertiary/aromatic N) is 2. The molecular weight excluding hydrogens is 424 g/mol. The summed E-state index contributed by atoms with van der Waals surface area (Å²) in [6.45, 7) is 6.91. The van der Waals surface area contributed by atoms with Crippen LogP contribution in [0.2, 0.25) is 0 Å². The Kier molecular flexibility index (Phi) is 8.56. The Hall–Kier alpha value is -3.88. The van der Waals surface area contributed by atoms with Gasteiger partial charge in [-0.2, -0.15) is 0 Å². The number of hydrogen-bond acceptors (Lipinski definition) is 5. The Labute approximate surface area is 193 Å². The highest BCUT2D eigenvalue weighted by Crippen LogP contribution is 2.23. The normalized spacial score (nSPS) is 10.7. The zero-order chi connectivity index (χ0) is 24.7. The van der Waals surface area contributed by atoms with Crippen molar-refractivity contribution in [3.63, 3.8) is 0 Å². The van der Waals surface area contributed by atoms with Crippen LogP contribution in [0.3, 0.4) is 0 Å². The van der Waals surface area contributed by atoms with Gasteiger partial charge >= 0.3 is 0 Å². The minimum absolute atomic E-state index is 0.159. The van der Waals surface area contributed by atoms with Crippen molar-refractivity contribution in [3.05, 3.63) is 59.7 Å². The van der Waals surface area contributed by atoms with Gasteiger partial charge in [0.05, 0.1) is 13.1 Å². The lowest BCUT2D eigenvalue weighted by molar-refractivity contribution is -0.119. The molecule has 176 valence electrons. The van der Waals surface area contributed by atoms with Crippen molar-refractivity contribution in [2.24, 2.45) is 11.5 Å². The molecule has 33 heavy (non-hydrogen) atoms. The highest BCUT2D eigenvalue weighted by Gasteiger charge is 2.21. The molecule has 0 saturated heterocycles. The molecule has 9 heteroatoms. The number of ether oxygens (including phenoxy) is 1. The van der Waals surface area contributed by atoms with Crippen molar-refractivity contribution < 1.29 is 23.9 Å². The van der Waals surface area contributed by atoms with Gasteiger partial charge in [-0.25, -0.2) is 0 Å². The maximum absolute atomic E-state index is 12.7. The SMILES string of the molecule is CC(C)N(CC(N)=O)C(=O)c1ccc(Oc2ccc(C(=O)N(CC(N)=O)C(C)C)cc2)cc1. The average Bonchev–Trinajstić information content (AvgIpc) is 2.75. The molecule has 0 spiro atoms. The van der Waals surface area contributed by atoms with Crippen molar-refractivity contribution in [2.75, 3.05) is 13.1 Å². The molecule has 0 aliphatic rings. The van der Waals surface area contributed by atoms with Gasteiger partial charge in [-0.15, -0.1) is 0 Å². The number of amides is 4. The Morgan fingerprint density at radius 3 is 1.21 bits per heavy atom. The number of primary amides is 2. The largest absolute Gasteiger partial charge is 0.457 e. The smallest absolute Gasteiger partial charge is 0.254 e. The van der Waals surface area contributed by atoms with E-state index in [-0.39, 0.29) is 37.0 Å². The second-order valence-electron chi connectivity index (χ2n) is 8.14. The van der Waals surface area contributed by atoms with Crippen LogP contribution in [-0.2, 0) is 9.59 Å². The zero-order valence-electron chi connectivity index (χ0n) is 19.3. The third-order valence-electron chi connectivity index (χ3n) is 4.86. The predicted octanol–water partition coefficient (Wildman–Crippen LogP) is 2.15. The minimum Gasteiger partial charge on any atom is -0.457 e. The maximum atomic E-state index is 12.7. The summed E-state index contributed by atoms with van der Waals surface area (Å²) in [7, 11) is 0. The van der Waals surface area contributed by atoms with Crippen molar-refractivity contribution in [1.82, 2.24) is 9.80 Å². The molecule has 4 N–H and O–H groups in total. The molecule has 0 aromatic heterocycles. The molecule has 0 aliphatic heterocycles. The lowest BCUT2D eigenvalue weighted by Gasteiger charge is -2.25. The fourth-order valence-corrected chi connectivity index (χ4v) is 3.11. The van der Waals surface area contributed by atoms with Gasteiger partial charge in [0.2, 0.25) is 11.8 Å². The van der Waals surface area contributed by atoms with E-state index in [0.717, 1.165) is 0 Å². The molecule has 0 unspecified atom stereocenters. The fraction of sp³-hybridized carbons (Fsp3) is 0.333. The van der Waals surface area contributed by atoms with Gasteiger partial charge in [0.1, 0.15) is 11.5 Å². The summed E-state index contributed by atoms with van der Waals surface area (Å²) in [6, 6.07) is 12.6. The first kappa shape index (κ1) is 25.4. The summed E-state index contributed by atoms with van der Waals surface area (Å²) < 4.78 is 5.79. The van der Waals surface area contributed by atoms with E-state index in [9.17, 15) is 19.2 Å². The molecule has 0 fully saturated rings. The molecule has 0 atom stereocenters. The monoisotopic (exact) mass is 454 g/mol. The minimum atomic E-state index is -0.579. The van der Waals surface area contributed by atoms with Gasteiger partial charge in [-0.05, 0) is 76.2 Å². The van der Waals surface area contributed by atoms with Crippen molar-refractivity contribution in [3.8, 4) is 11.5 Å². The molecule has 0 saturated carbocycles. The molecule has 2 aromatic carbocycles. The van der Waals surface area contributed by atoms with E-state index in [1.165, 1.54) is 9.80 Å². The lowest BCUT2D eigenvalue weighted by Crippen LogP contribution is -2.42. The van der Waals surface area contributed by atoms with Gasteiger partial charge in [0.15, 0.2) is 0 Å². The van der Waals surface area contributed by atoms with Crippen LogP contribution >= 0.6 is 0 Å². The van der Waals surface area contributed by atoms with Crippen molar-refractivity contribution >= 4 is 23.6 Å². The molecule has 0 radical (unpaired) electrons. The third-order valence-corrected chi connectivity index (χ3v) is 4.86. The number of carbonyl (C=O) groups is 4. The van der Waals surface area contributed by atoms with Crippen molar-refractivity contribution in [2.45, 2.75) is 39.8 Å². The quantitative estimate of drug-likeness (QED) is 0.567. The van der Waals surface area contributed by atoms with Crippen LogP contribution in [0.5, 0.6) is 11.5 Å². The Bertz CT molecular complexity index is 919. The number of benzene rings is 2. The Morgan fingerprint density at radius 2 is 0.970 bits per heavy atom. The van der Waals surface area contributed by atoms with Gasteiger partial charge in [0.25, 0.3) is 11.8 Å². The standard InChI is InChI=1S/C24H30N4O5/c1-15(2)27(13-21(25)29)23(31)17-5-9-19(10-6-17)33-20-11-7-18(8-12-20)24(32)28(16(3)4)14-22(26)30/h5-12,15-16H,13-14H2,1-4H3,(H2,25,29)(H2,26,30). The van der Waals surface area contributed by atoms with E-state index < -0.39 is 11.8 Å². The van der Waals surface area contributed by atoms with E-state index in [0.29, 0.717) is 22.6 Å². The third kappa shape index (κ3) is 7.06. The second kappa shape index (κ2) is 11.1. The van der Waals surface area contributed by atoms with Gasteiger partial charge in [-0.3, -0.25) is 19.2 Å².